The van der Waals surface area contributed by atoms with Crippen molar-refractivity contribution >= 4 is 59.4 Å². The Labute approximate surface area is 323 Å². The number of aromatic amines is 2. The molecule has 230 valence electrons. The number of rotatable bonds is 8. The van der Waals surface area contributed by atoms with E-state index < -0.39 is 5.97 Å². The molecule has 0 bridgehead atoms. The summed E-state index contributed by atoms with van der Waals surface area (Å²) < 4.78 is 0. The minimum Gasteiger partial charge on any atom is -0.550 e. The molecule has 2 atom stereocenters. The number of hydrogen-bond acceptors (Lipinski definition) is 5. The van der Waals surface area contributed by atoms with E-state index in [4.69, 9.17) is 0 Å². The summed E-state index contributed by atoms with van der Waals surface area (Å²) in [6.07, 6.45) is 8.90. The van der Waals surface area contributed by atoms with Gasteiger partial charge in [-0.05, 0) is 73.9 Å². The number of aryl methyl sites for hydroxylation is 1. The molecule has 0 spiro atoms. The number of carboxylic acids is 1. The van der Waals surface area contributed by atoms with Gasteiger partial charge in [-0.3, -0.25) is 9.59 Å². The molecule has 44 heavy (non-hydrogen) atoms. The number of H-pyrrole nitrogens is 2. The van der Waals surface area contributed by atoms with Crippen LogP contribution in [-0.2, 0) is 56.6 Å². The van der Waals surface area contributed by atoms with Gasteiger partial charge in [0.25, 0.3) is 0 Å². The normalized spacial score (nSPS) is 17.8. The SMILES string of the molecule is C=CC1=C(C)C(=O)NC1/C=c1/[nH]/c(=C/c2[nH]c3c(c2C)C(=O)CC3c2n[cH-]c(C)c2CCC(=O)[O-])c(CC)c1C.[Cu+].[Cu].[Na+].[Na]. The van der Waals surface area contributed by atoms with Gasteiger partial charge in [0.2, 0.25) is 5.91 Å². The average Bonchev–Trinajstić information content (AvgIpc) is 3.66. The second-order valence-corrected chi connectivity index (χ2v) is 10.8. The summed E-state index contributed by atoms with van der Waals surface area (Å²) in [7, 11) is 0. The van der Waals surface area contributed by atoms with Gasteiger partial charge >= 0.3 is 46.6 Å². The van der Waals surface area contributed by atoms with E-state index in [1.165, 1.54) is 0 Å². The van der Waals surface area contributed by atoms with Crippen molar-refractivity contribution < 1.29 is 83.2 Å². The Morgan fingerprint density at radius 1 is 1.11 bits per heavy atom. The zero-order valence-corrected chi connectivity index (χ0v) is 32.1. The quantitative estimate of drug-likeness (QED) is 0.195. The maximum absolute atomic E-state index is 13.2. The third-order valence-electron chi connectivity index (χ3n) is 8.47. The van der Waals surface area contributed by atoms with Crippen LogP contribution in [0.2, 0.25) is 0 Å². The van der Waals surface area contributed by atoms with Crippen LogP contribution in [0.1, 0.15) is 87.9 Å². The fourth-order valence-corrected chi connectivity index (χ4v) is 6.24. The molecule has 0 fully saturated rings. The van der Waals surface area contributed by atoms with Gasteiger partial charge in [-0.2, -0.15) is 5.56 Å². The number of nitrogens with zero attached hydrogens (tertiary/aromatic N) is 1. The Kier molecular flexibility index (Phi) is 15.3. The van der Waals surface area contributed by atoms with Crippen molar-refractivity contribution in [1.29, 1.82) is 0 Å². The third kappa shape index (κ3) is 7.47. The number of carbonyl (C=O) groups excluding carboxylic acids is 3. The number of ketones is 1. The average molecular weight is 712 g/mol. The second-order valence-electron chi connectivity index (χ2n) is 10.8. The van der Waals surface area contributed by atoms with Gasteiger partial charge in [0, 0.05) is 92.2 Å². The summed E-state index contributed by atoms with van der Waals surface area (Å²) in [6, 6.07) is -0.249. The van der Waals surface area contributed by atoms with E-state index in [0.717, 1.165) is 67.6 Å². The van der Waals surface area contributed by atoms with E-state index >= 15 is 0 Å². The number of fused-ring (bicyclic) bond motifs is 1. The number of nitrogens with one attached hydrogen (secondary N) is 3. The van der Waals surface area contributed by atoms with Crippen LogP contribution < -0.4 is 50.7 Å². The first kappa shape index (κ1) is 40.7. The smallest absolute Gasteiger partial charge is 0.550 e. The standard InChI is InChI=1S/C32H35N4O4.2Cu.2Na/c1-7-19-16(4)23(12-26-20(8-2)17(5)32(40)36-26)34-25(19)13-24-18(6)29-27(37)11-22(31(29)35-24)30-21(9-10-28(38)39)15(3)14-33-30;;;;/h8,12-14,22,26,34-35H,2,7,9-11H2,1,3-6H3,(H,36,40)(H,38,39);;;;/q-1;;+1;;+1/p-1/b23-12+,25-13+;;;;. The van der Waals surface area contributed by atoms with Crippen LogP contribution in [0.5, 0.6) is 0 Å². The summed E-state index contributed by atoms with van der Waals surface area (Å²) >= 11 is 0. The van der Waals surface area contributed by atoms with Crippen LogP contribution in [0.3, 0.4) is 0 Å². The van der Waals surface area contributed by atoms with E-state index in [1.807, 2.05) is 26.0 Å². The molecule has 1 aliphatic heterocycles. The Hall–Kier alpha value is -1.29. The molecule has 3 aromatic rings. The van der Waals surface area contributed by atoms with Gasteiger partial charge in [-0.25, -0.2) is 0 Å². The fourth-order valence-electron chi connectivity index (χ4n) is 6.24. The summed E-state index contributed by atoms with van der Waals surface area (Å²) in [5, 5.41) is 16.0. The Morgan fingerprint density at radius 3 is 2.41 bits per heavy atom. The van der Waals surface area contributed by atoms with Crippen molar-refractivity contribution in [2.75, 3.05) is 0 Å². The molecule has 2 unspecified atom stereocenters. The van der Waals surface area contributed by atoms with E-state index in [9.17, 15) is 19.5 Å². The van der Waals surface area contributed by atoms with Crippen molar-refractivity contribution in [3.63, 3.8) is 0 Å². The molecule has 0 aromatic carbocycles. The van der Waals surface area contributed by atoms with Crippen molar-refractivity contribution in [3.8, 4) is 0 Å². The predicted molar refractivity (Wildman–Crippen MR) is 157 cm³/mol. The number of aromatic nitrogens is 3. The van der Waals surface area contributed by atoms with Crippen molar-refractivity contribution in [2.24, 2.45) is 0 Å². The minimum absolute atomic E-state index is 0. The maximum Gasteiger partial charge on any atom is 1.00 e. The molecule has 2 aliphatic rings. The molecule has 2 radical (unpaired) electrons. The first-order chi connectivity index (χ1) is 19.0. The summed E-state index contributed by atoms with van der Waals surface area (Å²) in [6.45, 7) is 13.7. The Balaban J connectivity index is 0.00000242. The molecular formula is C32H34Cu2N4Na2O4. The summed E-state index contributed by atoms with van der Waals surface area (Å²) in [5.41, 5.74) is 9.65. The molecule has 12 heteroatoms. The molecule has 3 aromatic heterocycles. The van der Waals surface area contributed by atoms with Crippen LogP contribution in [0.15, 0.2) is 30.0 Å². The molecule has 8 nitrogen and oxygen atoms in total. The fraction of sp³-hybridized carbons (Fsp3) is 0.344. The topological polar surface area (TPSA) is 131 Å². The predicted octanol–water partition coefficient (Wildman–Crippen LogP) is -1.43. The van der Waals surface area contributed by atoms with E-state index in [1.54, 1.807) is 19.2 Å². The molecular weight excluding hydrogens is 677 g/mol. The van der Waals surface area contributed by atoms with Crippen LogP contribution in [0.4, 0.5) is 0 Å². The number of Topliss-reactive ketones (excluding diaryl/α,β-unsaturated/α-hetero) is 1. The summed E-state index contributed by atoms with van der Waals surface area (Å²) in [4.78, 5) is 48.2. The molecule has 1 amide bonds. The maximum atomic E-state index is 13.2. The van der Waals surface area contributed by atoms with Crippen molar-refractivity contribution in [3.05, 3.63) is 91.2 Å². The second kappa shape index (κ2) is 16.5. The van der Waals surface area contributed by atoms with Gasteiger partial charge < -0.3 is 30.2 Å². The zero-order valence-electron chi connectivity index (χ0n) is 26.2. The van der Waals surface area contributed by atoms with Gasteiger partial charge in [0.15, 0.2) is 5.78 Å². The number of carboxylic acid groups (broad SMARTS) is 1. The number of carbonyl (C=O) groups is 3. The van der Waals surface area contributed by atoms with Gasteiger partial charge in [0.1, 0.15) is 0 Å². The molecule has 0 saturated heterocycles. The van der Waals surface area contributed by atoms with Crippen molar-refractivity contribution in [1.82, 2.24) is 20.3 Å². The van der Waals surface area contributed by atoms with Crippen LogP contribution in [0.25, 0.3) is 12.2 Å². The van der Waals surface area contributed by atoms with Gasteiger partial charge in [0.05, 0.1) is 6.04 Å². The van der Waals surface area contributed by atoms with Crippen LogP contribution in [-0.4, -0.2) is 68.2 Å². The number of aliphatic carboxylic acids is 1. The molecule has 0 saturated carbocycles. The zero-order chi connectivity index (χ0) is 28.9. The number of amides is 1. The molecule has 4 heterocycles. The largest absolute Gasteiger partial charge is 1.00 e. The monoisotopic (exact) mass is 710 g/mol. The van der Waals surface area contributed by atoms with Gasteiger partial charge in [-0.15, -0.1) is 11.3 Å². The van der Waals surface area contributed by atoms with E-state index in [2.05, 4.69) is 40.7 Å². The molecule has 5 rings (SSSR count). The van der Waals surface area contributed by atoms with Crippen LogP contribution in [0, 0.1) is 20.8 Å². The van der Waals surface area contributed by atoms with E-state index in [0.29, 0.717) is 24.0 Å². The Bertz CT molecular complexity index is 1750. The van der Waals surface area contributed by atoms with Crippen LogP contribution >= 0.6 is 0 Å². The first-order valence-electron chi connectivity index (χ1n) is 13.7. The van der Waals surface area contributed by atoms with Gasteiger partial charge in [-0.1, -0.05) is 39.1 Å². The number of hydrogen-bond donors (Lipinski definition) is 3. The minimum atomic E-state index is -1.10. The molecule has 3 N–H and O–H groups in total. The van der Waals surface area contributed by atoms with E-state index in [-0.39, 0.29) is 123 Å². The van der Waals surface area contributed by atoms with Crippen molar-refractivity contribution in [2.45, 2.75) is 72.3 Å². The Morgan fingerprint density at radius 2 is 1.80 bits per heavy atom. The summed E-state index contributed by atoms with van der Waals surface area (Å²) in [5.74, 6) is -1.37. The molecule has 1 aliphatic carbocycles. The third-order valence-corrected chi connectivity index (χ3v) is 8.47. The first-order valence-corrected chi connectivity index (χ1v) is 13.7.